The molecule has 0 radical (unpaired) electrons. The van der Waals surface area contributed by atoms with Crippen molar-refractivity contribution >= 4 is 17.0 Å². The summed E-state index contributed by atoms with van der Waals surface area (Å²) in [5.74, 6) is -0.423. The molecule has 2 N–H and O–H groups in total. The van der Waals surface area contributed by atoms with Crippen LogP contribution in [0.25, 0.3) is 10.9 Å². The molecule has 0 bridgehead atoms. The van der Waals surface area contributed by atoms with Crippen LogP contribution in [0.15, 0.2) is 30.5 Å². The third kappa shape index (κ3) is 3.76. The van der Waals surface area contributed by atoms with Crippen molar-refractivity contribution in [2.45, 2.75) is 32.3 Å². The number of H-pyrrole nitrogens is 1. The fraction of sp³-hybridized carbons (Fsp3) is 0.375. The fourth-order valence-electron chi connectivity index (χ4n) is 2.11. The van der Waals surface area contributed by atoms with E-state index in [0.29, 0.717) is 0 Å². The molecule has 0 aliphatic carbocycles. The van der Waals surface area contributed by atoms with Gasteiger partial charge in [0.2, 0.25) is 0 Å². The van der Waals surface area contributed by atoms with Gasteiger partial charge in [0.1, 0.15) is 5.60 Å². The van der Waals surface area contributed by atoms with Crippen LogP contribution >= 0.6 is 0 Å². The van der Waals surface area contributed by atoms with Crippen LogP contribution in [0.5, 0.6) is 0 Å². The number of hydrogen-bond acceptors (Lipinski definition) is 3. The number of carbonyl (C=O) groups excluding carboxylic acids is 1. The van der Waals surface area contributed by atoms with Crippen molar-refractivity contribution in [1.82, 2.24) is 10.3 Å². The lowest BCUT2D eigenvalue weighted by Gasteiger charge is -2.20. The Morgan fingerprint density at radius 3 is 2.81 bits per heavy atom. The summed E-state index contributed by atoms with van der Waals surface area (Å²) >= 11 is 0. The summed E-state index contributed by atoms with van der Waals surface area (Å²) < 4.78 is 5.17. The van der Waals surface area contributed by atoms with E-state index in [-0.39, 0.29) is 6.54 Å². The number of benzene rings is 1. The van der Waals surface area contributed by atoms with Gasteiger partial charge in [-0.1, -0.05) is 18.2 Å². The molecule has 0 saturated heterocycles. The summed E-state index contributed by atoms with van der Waals surface area (Å²) in [5, 5.41) is 13.0. The van der Waals surface area contributed by atoms with E-state index >= 15 is 0 Å². The largest absolute Gasteiger partial charge is 0.444 e. The first-order valence-electron chi connectivity index (χ1n) is 6.83. The molecule has 0 aliphatic rings. The molecule has 0 spiro atoms. The molecule has 1 heterocycles. The topological polar surface area (TPSA) is 77.9 Å². The molecule has 2 rings (SSSR count). The molecule has 1 aromatic heterocycles. The Morgan fingerprint density at radius 1 is 1.43 bits per heavy atom. The van der Waals surface area contributed by atoms with E-state index in [1.165, 1.54) is 0 Å². The molecule has 1 amide bonds. The molecule has 2 aromatic rings. The number of aromatic amines is 1. The highest BCUT2D eigenvalue weighted by Gasteiger charge is 2.19. The van der Waals surface area contributed by atoms with E-state index in [1.54, 1.807) is 20.8 Å². The normalized spacial score (nSPS) is 12.7. The van der Waals surface area contributed by atoms with Crippen molar-refractivity contribution in [3.05, 3.63) is 36.0 Å². The quantitative estimate of drug-likeness (QED) is 0.908. The van der Waals surface area contributed by atoms with Crippen LogP contribution in [-0.2, 0) is 4.74 Å². The minimum Gasteiger partial charge on any atom is -0.444 e. The Balaban J connectivity index is 2.08. The molecule has 21 heavy (non-hydrogen) atoms. The molecular weight excluding hydrogens is 266 g/mol. The smallest absolute Gasteiger partial charge is 0.407 e. The van der Waals surface area contributed by atoms with Crippen LogP contribution in [0, 0.1) is 11.3 Å². The van der Waals surface area contributed by atoms with Crippen molar-refractivity contribution in [2.75, 3.05) is 6.54 Å². The van der Waals surface area contributed by atoms with Gasteiger partial charge >= 0.3 is 6.09 Å². The number of para-hydroxylation sites is 1. The Labute approximate surface area is 123 Å². The zero-order chi connectivity index (χ0) is 15.5. The molecule has 1 unspecified atom stereocenters. The molecule has 1 aromatic carbocycles. The Kier molecular flexibility index (Phi) is 4.18. The van der Waals surface area contributed by atoms with Crippen molar-refractivity contribution in [3.8, 4) is 6.07 Å². The lowest BCUT2D eigenvalue weighted by Crippen LogP contribution is -2.34. The summed E-state index contributed by atoms with van der Waals surface area (Å²) in [6.07, 6.45) is 1.30. The maximum absolute atomic E-state index is 11.7. The lowest BCUT2D eigenvalue weighted by molar-refractivity contribution is 0.0527. The highest BCUT2D eigenvalue weighted by Crippen LogP contribution is 2.24. The van der Waals surface area contributed by atoms with Gasteiger partial charge in [0, 0.05) is 23.6 Å². The van der Waals surface area contributed by atoms with Gasteiger partial charge in [-0.3, -0.25) is 0 Å². The van der Waals surface area contributed by atoms with Gasteiger partial charge in [-0.15, -0.1) is 0 Å². The van der Waals surface area contributed by atoms with Crippen molar-refractivity contribution in [3.63, 3.8) is 0 Å². The van der Waals surface area contributed by atoms with Crippen LogP contribution in [0.2, 0.25) is 0 Å². The Morgan fingerprint density at radius 2 is 2.14 bits per heavy atom. The molecule has 0 saturated carbocycles. The van der Waals surface area contributed by atoms with Crippen molar-refractivity contribution in [1.29, 1.82) is 5.26 Å². The number of amides is 1. The van der Waals surface area contributed by atoms with Gasteiger partial charge < -0.3 is 15.0 Å². The summed E-state index contributed by atoms with van der Waals surface area (Å²) in [7, 11) is 0. The molecular formula is C16H19N3O2. The summed E-state index contributed by atoms with van der Waals surface area (Å²) in [4.78, 5) is 14.8. The first kappa shape index (κ1) is 14.9. The Bertz CT molecular complexity index is 677. The maximum Gasteiger partial charge on any atom is 0.407 e. The number of hydrogen-bond donors (Lipinski definition) is 2. The molecule has 1 atom stereocenters. The summed E-state index contributed by atoms with van der Waals surface area (Å²) in [6, 6.07) is 9.99. The van der Waals surface area contributed by atoms with E-state index in [4.69, 9.17) is 4.74 Å². The van der Waals surface area contributed by atoms with Crippen molar-refractivity contribution in [2.24, 2.45) is 0 Å². The maximum atomic E-state index is 11.7. The second-order valence-corrected chi connectivity index (χ2v) is 5.85. The summed E-state index contributed by atoms with van der Waals surface area (Å²) in [5.41, 5.74) is 1.31. The first-order valence-corrected chi connectivity index (χ1v) is 6.83. The number of carbonyl (C=O) groups is 1. The lowest BCUT2D eigenvalue weighted by atomic mass is 10.00. The van der Waals surface area contributed by atoms with Gasteiger partial charge in [0.15, 0.2) is 0 Å². The molecule has 5 heteroatoms. The van der Waals surface area contributed by atoms with Crippen LogP contribution in [0.1, 0.15) is 32.3 Å². The number of alkyl carbamates (subject to hydrolysis) is 1. The SMILES string of the molecule is CC(C)(C)OC(=O)NCC(C#N)c1c[nH]c2ccccc12. The molecule has 5 nitrogen and oxygen atoms in total. The number of nitrogens with zero attached hydrogens (tertiary/aromatic N) is 1. The Hall–Kier alpha value is -2.48. The van der Waals surface area contributed by atoms with E-state index in [1.807, 2.05) is 30.5 Å². The highest BCUT2D eigenvalue weighted by atomic mass is 16.6. The van der Waals surface area contributed by atoms with E-state index in [2.05, 4.69) is 16.4 Å². The predicted molar refractivity (Wildman–Crippen MR) is 80.9 cm³/mol. The second-order valence-electron chi connectivity index (χ2n) is 5.85. The van der Waals surface area contributed by atoms with Crippen LogP contribution in [-0.4, -0.2) is 23.2 Å². The van der Waals surface area contributed by atoms with Gasteiger partial charge in [0.25, 0.3) is 0 Å². The van der Waals surface area contributed by atoms with Gasteiger partial charge in [-0.05, 0) is 32.4 Å². The molecule has 110 valence electrons. The van der Waals surface area contributed by atoms with Crippen molar-refractivity contribution < 1.29 is 9.53 Å². The average Bonchev–Trinajstić information content (AvgIpc) is 2.82. The number of rotatable bonds is 3. The zero-order valence-electron chi connectivity index (χ0n) is 12.4. The standard InChI is InChI=1S/C16H19N3O2/c1-16(2,3)21-15(20)19-9-11(8-17)13-10-18-14-7-5-4-6-12(13)14/h4-7,10-11,18H,9H2,1-3H3,(H,19,20). The highest BCUT2D eigenvalue weighted by molar-refractivity contribution is 5.84. The number of fused-ring (bicyclic) bond motifs is 1. The minimum atomic E-state index is -0.549. The number of ether oxygens (including phenoxy) is 1. The van der Waals surface area contributed by atoms with E-state index in [9.17, 15) is 10.1 Å². The van der Waals surface area contributed by atoms with Gasteiger partial charge in [-0.25, -0.2) is 4.79 Å². The van der Waals surface area contributed by atoms with E-state index < -0.39 is 17.6 Å². The predicted octanol–water partition coefficient (Wildman–Crippen LogP) is 3.30. The molecule has 0 aliphatic heterocycles. The number of nitriles is 1. The summed E-state index contributed by atoms with van der Waals surface area (Å²) in [6.45, 7) is 5.61. The third-order valence-corrected chi connectivity index (χ3v) is 3.00. The molecule has 0 fully saturated rings. The third-order valence-electron chi connectivity index (χ3n) is 3.00. The number of nitrogens with one attached hydrogen (secondary N) is 2. The fourth-order valence-corrected chi connectivity index (χ4v) is 2.11. The van der Waals surface area contributed by atoms with Gasteiger partial charge in [-0.2, -0.15) is 5.26 Å². The monoisotopic (exact) mass is 285 g/mol. The average molecular weight is 285 g/mol. The van der Waals surface area contributed by atoms with Gasteiger partial charge in [0.05, 0.1) is 12.0 Å². The second kappa shape index (κ2) is 5.88. The van der Waals surface area contributed by atoms with Crippen LogP contribution in [0.3, 0.4) is 0 Å². The zero-order valence-corrected chi connectivity index (χ0v) is 12.4. The first-order chi connectivity index (χ1) is 9.90. The van der Waals surface area contributed by atoms with E-state index in [0.717, 1.165) is 16.5 Å². The minimum absolute atomic E-state index is 0.216. The number of aromatic nitrogens is 1. The van der Waals surface area contributed by atoms with Crippen LogP contribution < -0.4 is 5.32 Å². The van der Waals surface area contributed by atoms with Crippen LogP contribution in [0.4, 0.5) is 4.79 Å².